The van der Waals surface area contributed by atoms with Gasteiger partial charge in [-0.25, -0.2) is 4.98 Å². The minimum absolute atomic E-state index is 0.203. The third kappa shape index (κ3) is 2.76. The predicted octanol–water partition coefficient (Wildman–Crippen LogP) is 1.89. The van der Waals surface area contributed by atoms with Crippen LogP contribution in [0.15, 0.2) is 47.4 Å². The molecule has 138 valence electrons. The number of amides is 1. The Kier molecular flexibility index (Phi) is 3.61. The van der Waals surface area contributed by atoms with Crippen LogP contribution in [-0.2, 0) is 6.54 Å². The van der Waals surface area contributed by atoms with Gasteiger partial charge in [-0.2, -0.15) is 4.98 Å². The number of benzene rings is 1. The Morgan fingerprint density at radius 2 is 2.18 bits per heavy atom. The molecule has 10 heteroatoms. The summed E-state index contributed by atoms with van der Waals surface area (Å²) < 4.78 is 6.97. The van der Waals surface area contributed by atoms with E-state index in [1.807, 2.05) is 12.3 Å². The number of carbonyl (C=O) groups excluding carboxylic acids is 1. The van der Waals surface area contributed by atoms with E-state index in [-0.39, 0.29) is 12.5 Å². The van der Waals surface area contributed by atoms with Crippen molar-refractivity contribution < 1.29 is 9.32 Å². The van der Waals surface area contributed by atoms with Gasteiger partial charge in [-0.1, -0.05) is 5.16 Å². The normalized spacial score (nSPS) is 11.3. The number of aromatic nitrogens is 7. The molecule has 0 aliphatic rings. The molecule has 28 heavy (non-hydrogen) atoms. The molecule has 0 bridgehead atoms. The SMILES string of the molecule is Cc1noc(-c2ccn3c(CNC(=O)c4ccc5nc[nH]c5c4)nnc3c2)n1. The molecule has 4 aromatic heterocycles. The second kappa shape index (κ2) is 6.27. The van der Waals surface area contributed by atoms with Crippen molar-refractivity contribution in [1.82, 2.24) is 40.0 Å². The maximum atomic E-state index is 12.5. The molecular weight excluding hydrogens is 360 g/mol. The highest BCUT2D eigenvalue weighted by molar-refractivity contribution is 5.97. The molecule has 10 nitrogen and oxygen atoms in total. The molecule has 4 heterocycles. The number of nitrogens with one attached hydrogen (secondary N) is 2. The molecule has 5 aromatic rings. The van der Waals surface area contributed by atoms with Crippen LogP contribution in [0.4, 0.5) is 0 Å². The number of hydrogen-bond acceptors (Lipinski definition) is 7. The quantitative estimate of drug-likeness (QED) is 0.492. The summed E-state index contributed by atoms with van der Waals surface area (Å²) in [6, 6.07) is 8.93. The Morgan fingerprint density at radius 3 is 3.04 bits per heavy atom. The van der Waals surface area contributed by atoms with Crippen molar-refractivity contribution in [2.24, 2.45) is 0 Å². The van der Waals surface area contributed by atoms with Gasteiger partial charge >= 0.3 is 0 Å². The maximum absolute atomic E-state index is 12.5. The topological polar surface area (TPSA) is 127 Å². The number of aromatic amines is 1. The van der Waals surface area contributed by atoms with Gasteiger partial charge in [0, 0.05) is 17.3 Å². The third-order valence-electron chi connectivity index (χ3n) is 4.34. The standard InChI is InChI=1S/C18H14N8O2/c1-10-22-18(28-25-10)12-4-5-26-15(7-12)23-24-16(26)8-19-17(27)11-2-3-13-14(6-11)21-9-20-13/h2-7,9H,8H2,1H3,(H,19,27)(H,20,21). The number of aryl methyl sites for hydroxylation is 1. The lowest BCUT2D eigenvalue weighted by Gasteiger charge is -2.05. The molecule has 0 unspecified atom stereocenters. The molecule has 1 aromatic carbocycles. The number of H-pyrrole nitrogens is 1. The average molecular weight is 374 g/mol. The lowest BCUT2D eigenvalue weighted by Crippen LogP contribution is -2.24. The van der Waals surface area contributed by atoms with Crippen LogP contribution in [0, 0.1) is 6.92 Å². The molecule has 0 fully saturated rings. The number of pyridine rings is 1. The highest BCUT2D eigenvalue weighted by Crippen LogP contribution is 2.19. The van der Waals surface area contributed by atoms with E-state index in [0.29, 0.717) is 28.8 Å². The van der Waals surface area contributed by atoms with Crippen molar-refractivity contribution >= 4 is 22.6 Å². The zero-order chi connectivity index (χ0) is 19.1. The number of rotatable bonds is 4. The second-order valence-electron chi connectivity index (χ2n) is 6.22. The molecule has 0 aliphatic carbocycles. The molecule has 2 N–H and O–H groups in total. The van der Waals surface area contributed by atoms with Crippen LogP contribution in [0.2, 0.25) is 0 Å². The summed E-state index contributed by atoms with van der Waals surface area (Å²) in [6.07, 6.45) is 3.40. The van der Waals surface area contributed by atoms with E-state index in [0.717, 1.165) is 16.6 Å². The number of hydrogen-bond donors (Lipinski definition) is 2. The fraction of sp³-hybridized carbons (Fsp3) is 0.111. The first-order valence-corrected chi connectivity index (χ1v) is 8.53. The monoisotopic (exact) mass is 374 g/mol. The van der Waals surface area contributed by atoms with E-state index in [9.17, 15) is 4.79 Å². The Balaban J connectivity index is 1.35. The maximum Gasteiger partial charge on any atom is 0.258 e. The first kappa shape index (κ1) is 16.1. The lowest BCUT2D eigenvalue weighted by atomic mass is 10.2. The van der Waals surface area contributed by atoms with Crippen LogP contribution < -0.4 is 5.32 Å². The van der Waals surface area contributed by atoms with Gasteiger partial charge in [0.05, 0.1) is 23.9 Å². The molecule has 1 amide bonds. The largest absolute Gasteiger partial charge is 0.345 e. The molecule has 0 radical (unpaired) electrons. The second-order valence-corrected chi connectivity index (χ2v) is 6.22. The van der Waals surface area contributed by atoms with E-state index in [1.54, 1.807) is 41.9 Å². The van der Waals surface area contributed by atoms with Gasteiger partial charge in [0.25, 0.3) is 11.8 Å². The van der Waals surface area contributed by atoms with Gasteiger partial charge in [-0.3, -0.25) is 9.20 Å². The Bertz CT molecular complexity index is 1320. The Hall–Kier alpha value is -4.08. The van der Waals surface area contributed by atoms with E-state index < -0.39 is 0 Å². The van der Waals surface area contributed by atoms with Crippen molar-refractivity contribution in [3.05, 3.63) is 60.1 Å². The first-order valence-electron chi connectivity index (χ1n) is 8.53. The summed E-state index contributed by atoms with van der Waals surface area (Å²) in [6.45, 7) is 1.99. The molecule has 0 saturated carbocycles. The van der Waals surface area contributed by atoms with Crippen LogP contribution in [-0.4, -0.2) is 40.6 Å². The van der Waals surface area contributed by atoms with Crippen LogP contribution >= 0.6 is 0 Å². The van der Waals surface area contributed by atoms with Crippen LogP contribution in [0.5, 0.6) is 0 Å². The Morgan fingerprint density at radius 1 is 1.25 bits per heavy atom. The minimum atomic E-state index is -0.203. The van der Waals surface area contributed by atoms with Crippen LogP contribution in [0.1, 0.15) is 22.0 Å². The number of nitrogens with zero attached hydrogens (tertiary/aromatic N) is 6. The molecular formula is C18H14N8O2. The Labute approximate surface area is 157 Å². The van der Waals surface area contributed by atoms with Crippen LogP contribution in [0.25, 0.3) is 28.1 Å². The summed E-state index contributed by atoms with van der Waals surface area (Å²) in [5.41, 5.74) is 3.54. The summed E-state index contributed by atoms with van der Waals surface area (Å²) in [5, 5.41) is 15.0. The van der Waals surface area contributed by atoms with Gasteiger partial charge in [-0.15, -0.1) is 10.2 Å². The van der Waals surface area contributed by atoms with Crippen molar-refractivity contribution in [3.63, 3.8) is 0 Å². The highest BCUT2D eigenvalue weighted by atomic mass is 16.5. The van der Waals surface area contributed by atoms with Gasteiger partial charge in [-0.05, 0) is 37.3 Å². The first-order chi connectivity index (χ1) is 13.7. The summed E-state index contributed by atoms with van der Waals surface area (Å²) in [7, 11) is 0. The molecule has 0 atom stereocenters. The molecule has 0 spiro atoms. The number of fused-ring (bicyclic) bond motifs is 2. The average Bonchev–Trinajstić information content (AvgIpc) is 3.44. The van der Waals surface area contributed by atoms with Gasteiger partial charge in [0.1, 0.15) is 0 Å². The fourth-order valence-corrected chi connectivity index (χ4v) is 2.95. The van der Waals surface area contributed by atoms with Crippen molar-refractivity contribution in [2.45, 2.75) is 13.5 Å². The number of imidazole rings is 1. The van der Waals surface area contributed by atoms with Gasteiger partial charge in [0.2, 0.25) is 0 Å². The smallest absolute Gasteiger partial charge is 0.258 e. The highest BCUT2D eigenvalue weighted by Gasteiger charge is 2.13. The van der Waals surface area contributed by atoms with E-state index in [1.165, 1.54) is 0 Å². The molecule has 5 rings (SSSR count). The molecule has 0 aliphatic heterocycles. The summed E-state index contributed by atoms with van der Waals surface area (Å²) >= 11 is 0. The van der Waals surface area contributed by atoms with Crippen molar-refractivity contribution in [2.75, 3.05) is 0 Å². The summed E-state index contributed by atoms with van der Waals surface area (Å²) in [4.78, 5) is 23.8. The number of carbonyl (C=O) groups is 1. The van der Waals surface area contributed by atoms with E-state index in [4.69, 9.17) is 4.52 Å². The molecule has 0 saturated heterocycles. The third-order valence-corrected chi connectivity index (χ3v) is 4.34. The van der Waals surface area contributed by atoms with E-state index >= 15 is 0 Å². The summed E-state index contributed by atoms with van der Waals surface area (Å²) in [5.74, 6) is 1.39. The van der Waals surface area contributed by atoms with Crippen molar-refractivity contribution in [1.29, 1.82) is 0 Å². The van der Waals surface area contributed by atoms with Crippen molar-refractivity contribution in [3.8, 4) is 11.5 Å². The predicted molar refractivity (Wildman–Crippen MR) is 98.3 cm³/mol. The van der Waals surface area contributed by atoms with Gasteiger partial charge < -0.3 is 14.8 Å². The zero-order valence-electron chi connectivity index (χ0n) is 14.7. The minimum Gasteiger partial charge on any atom is -0.345 e. The van der Waals surface area contributed by atoms with Crippen LogP contribution in [0.3, 0.4) is 0 Å². The zero-order valence-corrected chi connectivity index (χ0v) is 14.7. The fourth-order valence-electron chi connectivity index (χ4n) is 2.95. The van der Waals surface area contributed by atoms with E-state index in [2.05, 4.69) is 35.6 Å². The lowest BCUT2D eigenvalue weighted by molar-refractivity contribution is 0.0950. The van der Waals surface area contributed by atoms with Gasteiger partial charge in [0.15, 0.2) is 17.3 Å².